The third-order valence-corrected chi connectivity index (χ3v) is 13.8. The summed E-state index contributed by atoms with van der Waals surface area (Å²) in [6, 6.07) is 0. The van der Waals surface area contributed by atoms with Crippen molar-refractivity contribution in [2.24, 2.45) is 17.8 Å². The van der Waals surface area contributed by atoms with Gasteiger partial charge in [0, 0.05) is 39.3 Å². The smallest absolute Gasteiger partial charge is 0.212 e. The van der Waals surface area contributed by atoms with Crippen molar-refractivity contribution in [1.82, 2.24) is 12.9 Å². The molecule has 0 N–H and O–H groups in total. The van der Waals surface area contributed by atoms with E-state index in [0.717, 1.165) is 19.3 Å². The summed E-state index contributed by atoms with van der Waals surface area (Å²) in [5.41, 5.74) is 0. The molecule has 3 rings (SSSR count). The van der Waals surface area contributed by atoms with E-state index in [1.165, 1.54) is 0 Å². The van der Waals surface area contributed by atoms with Crippen molar-refractivity contribution in [2.45, 2.75) is 105 Å². The van der Waals surface area contributed by atoms with Crippen LogP contribution >= 0.6 is 0 Å². The van der Waals surface area contributed by atoms with E-state index in [2.05, 4.69) is 20.8 Å². The van der Waals surface area contributed by atoms with E-state index >= 15 is 0 Å². The van der Waals surface area contributed by atoms with Crippen molar-refractivity contribution < 1.29 is 25.3 Å². The highest BCUT2D eigenvalue weighted by Crippen LogP contribution is 2.22. The third-order valence-electron chi connectivity index (χ3n) is 7.03. The molecule has 3 aliphatic heterocycles. The second-order valence-corrected chi connectivity index (χ2v) is 19.0. The highest BCUT2D eigenvalue weighted by molar-refractivity contribution is 7.90. The van der Waals surface area contributed by atoms with Gasteiger partial charge in [-0.3, -0.25) is 0 Å². The first-order valence-electron chi connectivity index (χ1n) is 13.3. The second kappa shape index (κ2) is 14.9. The van der Waals surface area contributed by atoms with E-state index in [1.807, 2.05) is 0 Å². The first-order chi connectivity index (χ1) is 16.3. The zero-order valence-electron chi connectivity index (χ0n) is 23.8. The van der Waals surface area contributed by atoms with Crippen molar-refractivity contribution in [3.63, 3.8) is 0 Å². The molecule has 3 saturated heterocycles. The molecule has 0 saturated carbocycles. The van der Waals surface area contributed by atoms with Gasteiger partial charge in [0.05, 0.1) is 15.7 Å². The molecule has 0 aliphatic carbocycles. The van der Waals surface area contributed by atoms with Crippen LogP contribution in [0, 0.1) is 17.8 Å². The Kier molecular flexibility index (Phi) is 14.8. The van der Waals surface area contributed by atoms with E-state index in [1.54, 1.807) is 54.5 Å². The molecule has 1 unspecified atom stereocenters. The normalized spacial score (nSPS) is 26.1. The minimum Gasteiger partial charge on any atom is -0.212 e. The van der Waals surface area contributed by atoms with Crippen LogP contribution in [0.4, 0.5) is 0 Å². The Bertz CT molecular complexity index is 866. The molecule has 9 nitrogen and oxygen atoms in total. The quantitative estimate of drug-likeness (QED) is 0.465. The van der Waals surface area contributed by atoms with E-state index in [-0.39, 0.29) is 23.2 Å². The molecule has 3 aliphatic rings. The average molecular weight is 590 g/mol. The number of sulfonamides is 3. The molecule has 0 radical (unpaired) electrons. The van der Waals surface area contributed by atoms with Gasteiger partial charge in [-0.2, -0.15) is 0 Å². The van der Waals surface area contributed by atoms with Crippen LogP contribution in [0.15, 0.2) is 0 Å². The van der Waals surface area contributed by atoms with E-state index in [9.17, 15) is 25.3 Å². The lowest BCUT2D eigenvalue weighted by molar-refractivity contribution is 0.457. The van der Waals surface area contributed by atoms with Crippen LogP contribution in [-0.4, -0.2) is 93.2 Å². The number of nitrogens with zero attached hydrogens (tertiary/aromatic N) is 3. The Balaban J connectivity index is 0.000000518. The second-order valence-electron chi connectivity index (χ2n) is 11.5. The van der Waals surface area contributed by atoms with Gasteiger partial charge >= 0.3 is 0 Å². The molecule has 3 heterocycles. The van der Waals surface area contributed by atoms with Gasteiger partial charge in [-0.1, -0.05) is 28.2 Å². The molecule has 0 bridgehead atoms. The fraction of sp³-hybridized carbons (Fsp3) is 1.00. The van der Waals surface area contributed by atoms with Crippen LogP contribution in [0.25, 0.3) is 0 Å². The highest BCUT2D eigenvalue weighted by Gasteiger charge is 2.32. The predicted octanol–water partition coefficient (Wildman–Crippen LogP) is 3.84. The maximum atomic E-state index is 11.6. The molecule has 0 aromatic heterocycles. The molecule has 0 aromatic rings. The summed E-state index contributed by atoms with van der Waals surface area (Å²) >= 11 is 0. The first-order valence-corrected chi connectivity index (χ1v) is 17.8. The molecule has 0 spiro atoms. The van der Waals surface area contributed by atoms with Gasteiger partial charge in [0.15, 0.2) is 0 Å². The Labute approximate surface area is 229 Å². The number of rotatable bonds is 6. The summed E-state index contributed by atoms with van der Waals surface area (Å²) in [6.07, 6.45) is 3.02. The molecule has 224 valence electrons. The molecule has 3 fully saturated rings. The molecule has 3 atom stereocenters. The first kappa shape index (κ1) is 36.7. The van der Waals surface area contributed by atoms with Crippen molar-refractivity contribution in [3.05, 3.63) is 0 Å². The Morgan fingerprint density at radius 2 is 0.676 bits per heavy atom. The van der Waals surface area contributed by atoms with Crippen molar-refractivity contribution in [3.8, 4) is 0 Å². The maximum absolute atomic E-state index is 11.6. The van der Waals surface area contributed by atoms with Crippen molar-refractivity contribution in [2.75, 3.05) is 39.3 Å². The van der Waals surface area contributed by atoms with E-state index < -0.39 is 30.1 Å². The maximum Gasteiger partial charge on any atom is 0.216 e. The highest BCUT2D eigenvalue weighted by atomic mass is 32.2. The predicted molar refractivity (Wildman–Crippen MR) is 155 cm³/mol. The van der Waals surface area contributed by atoms with Crippen molar-refractivity contribution >= 4 is 30.1 Å². The summed E-state index contributed by atoms with van der Waals surface area (Å²) in [6.45, 7) is 20.9. The monoisotopic (exact) mass is 589 g/mol. The third kappa shape index (κ3) is 10.3. The average Bonchev–Trinajstić information content (AvgIpc) is 3.50. The topological polar surface area (TPSA) is 112 Å². The zero-order valence-corrected chi connectivity index (χ0v) is 26.3. The number of hydrogen-bond donors (Lipinski definition) is 0. The summed E-state index contributed by atoms with van der Waals surface area (Å²) in [5, 5.41) is -0.826. The fourth-order valence-electron chi connectivity index (χ4n) is 4.27. The zero-order chi connectivity index (χ0) is 28.1. The summed E-state index contributed by atoms with van der Waals surface area (Å²) < 4.78 is 74.5. The van der Waals surface area contributed by atoms with Gasteiger partial charge in [0.2, 0.25) is 30.1 Å². The van der Waals surface area contributed by atoms with Crippen LogP contribution in [0.3, 0.4) is 0 Å². The molecule has 37 heavy (non-hydrogen) atoms. The van der Waals surface area contributed by atoms with Gasteiger partial charge < -0.3 is 0 Å². The molecule has 0 aromatic carbocycles. The Morgan fingerprint density at radius 3 is 0.784 bits per heavy atom. The van der Waals surface area contributed by atoms with Gasteiger partial charge in [-0.25, -0.2) is 38.2 Å². The van der Waals surface area contributed by atoms with Gasteiger partial charge in [0.25, 0.3) is 0 Å². The number of hydrogen-bond acceptors (Lipinski definition) is 6. The molecular weight excluding hydrogens is 534 g/mol. The van der Waals surface area contributed by atoms with Crippen LogP contribution in [0.5, 0.6) is 0 Å². The fourth-order valence-corrected chi connectivity index (χ4v) is 8.53. The SMILES string of the molecule is C.CC(C)S(=O)(=O)N1CC[C@@H](C)C1.CC(C)S(=O)(=O)N1CC[C@H](C)C1.CC1CCN(S(=O)(=O)C(C)C)C1. The molecule has 12 heteroatoms. The van der Waals surface area contributed by atoms with Crippen LogP contribution < -0.4 is 0 Å². The van der Waals surface area contributed by atoms with Crippen molar-refractivity contribution in [1.29, 1.82) is 0 Å². The Morgan fingerprint density at radius 1 is 0.486 bits per heavy atom. The summed E-state index contributed by atoms with van der Waals surface area (Å²) in [7, 11) is -8.93. The summed E-state index contributed by atoms with van der Waals surface area (Å²) in [5.74, 6) is 1.58. The van der Waals surface area contributed by atoms with Gasteiger partial charge in [-0.15, -0.1) is 0 Å². The standard InChI is InChI=1S/3C8H17NO2S.CH4/c3*1-7(2)12(10,11)9-5-4-8(3)6-9;/h3*7-8H,4-6H2,1-3H3;1H4/t2*8-;;/m10../s1. The van der Waals surface area contributed by atoms with E-state index in [0.29, 0.717) is 57.0 Å². The van der Waals surface area contributed by atoms with E-state index in [4.69, 9.17) is 0 Å². The summed E-state index contributed by atoms with van der Waals surface area (Å²) in [4.78, 5) is 0. The van der Waals surface area contributed by atoms with Gasteiger partial charge in [-0.05, 0) is 78.6 Å². The Hall–Kier alpha value is -0.270. The minimum atomic E-state index is -2.98. The molecular formula is C25H55N3O6S3. The lowest BCUT2D eigenvalue weighted by Gasteiger charge is -2.18. The van der Waals surface area contributed by atoms with Crippen LogP contribution in [0.1, 0.15) is 89.0 Å². The minimum absolute atomic E-state index is 0. The lowest BCUT2D eigenvalue weighted by Crippen LogP contribution is -2.34. The van der Waals surface area contributed by atoms with Crippen LogP contribution in [-0.2, 0) is 30.1 Å². The molecule has 0 amide bonds. The largest absolute Gasteiger partial charge is 0.216 e. The van der Waals surface area contributed by atoms with Gasteiger partial charge in [0.1, 0.15) is 0 Å². The lowest BCUT2D eigenvalue weighted by atomic mass is 10.2. The van der Waals surface area contributed by atoms with Crippen LogP contribution in [0.2, 0.25) is 0 Å².